The van der Waals surface area contributed by atoms with E-state index < -0.39 is 11.2 Å². The standard InChI is InChI=1S/C26H26ClNO5/c27-21-12-20-19(17-6-2-1-3-7-17)13-25(30)33-22(20)14-23(21)32-16-24(29)28-11-10-26(31)9-5-4-8-18(26)15-28/h1-3,6-7,12-14,18,31H,4-5,8-11,15-16H2/t18-,26+/m0/s1. The molecule has 0 unspecified atom stereocenters. The number of halogens is 1. The van der Waals surface area contributed by atoms with Crippen molar-refractivity contribution in [3.63, 3.8) is 0 Å². The lowest BCUT2D eigenvalue weighted by Gasteiger charge is -2.47. The molecule has 1 N–H and O–H groups in total. The van der Waals surface area contributed by atoms with E-state index in [1.54, 1.807) is 17.0 Å². The van der Waals surface area contributed by atoms with Crippen molar-refractivity contribution in [2.75, 3.05) is 19.7 Å². The van der Waals surface area contributed by atoms with Crippen LogP contribution < -0.4 is 10.4 Å². The Morgan fingerprint density at radius 2 is 2.00 bits per heavy atom. The average Bonchev–Trinajstić information content (AvgIpc) is 2.82. The van der Waals surface area contributed by atoms with Crippen LogP contribution in [0.15, 0.2) is 57.7 Å². The molecule has 2 heterocycles. The van der Waals surface area contributed by atoms with Gasteiger partial charge in [0.15, 0.2) is 6.61 Å². The molecule has 0 radical (unpaired) electrons. The van der Waals surface area contributed by atoms with E-state index >= 15 is 0 Å². The van der Waals surface area contributed by atoms with Crippen molar-refractivity contribution in [3.8, 4) is 16.9 Å². The maximum atomic E-state index is 12.8. The second kappa shape index (κ2) is 8.84. The van der Waals surface area contributed by atoms with E-state index in [0.29, 0.717) is 35.5 Å². The van der Waals surface area contributed by atoms with E-state index in [-0.39, 0.29) is 24.2 Å². The van der Waals surface area contributed by atoms with Crippen molar-refractivity contribution in [2.24, 2.45) is 5.92 Å². The van der Waals surface area contributed by atoms with Crippen LogP contribution in [0.5, 0.6) is 5.75 Å². The number of hydrogen-bond acceptors (Lipinski definition) is 5. The molecule has 1 amide bonds. The predicted octanol–water partition coefficient (Wildman–Crippen LogP) is 4.65. The first-order valence-corrected chi connectivity index (χ1v) is 11.8. The number of amides is 1. The third-order valence-corrected chi connectivity index (χ3v) is 7.31. The van der Waals surface area contributed by atoms with E-state index in [1.807, 2.05) is 30.3 Å². The molecule has 5 rings (SSSR count). The molecule has 0 spiro atoms. The third-order valence-electron chi connectivity index (χ3n) is 7.01. The number of benzene rings is 2. The summed E-state index contributed by atoms with van der Waals surface area (Å²) in [7, 11) is 0. The molecule has 172 valence electrons. The number of likely N-dealkylation sites (tertiary alicyclic amines) is 1. The van der Waals surface area contributed by atoms with E-state index in [4.69, 9.17) is 20.8 Å². The molecule has 3 aromatic rings. The quantitative estimate of drug-likeness (QED) is 0.565. The lowest BCUT2D eigenvalue weighted by atomic mass is 9.71. The first kappa shape index (κ1) is 22.0. The minimum atomic E-state index is -0.633. The minimum absolute atomic E-state index is 0.124. The van der Waals surface area contributed by atoms with Crippen molar-refractivity contribution in [3.05, 3.63) is 64.0 Å². The van der Waals surface area contributed by atoms with Crippen molar-refractivity contribution in [1.29, 1.82) is 0 Å². The minimum Gasteiger partial charge on any atom is -0.482 e. The number of ether oxygens (including phenoxy) is 1. The van der Waals surface area contributed by atoms with Gasteiger partial charge in [0.1, 0.15) is 11.3 Å². The van der Waals surface area contributed by atoms with Crippen molar-refractivity contribution < 1.29 is 19.1 Å². The zero-order chi connectivity index (χ0) is 23.0. The second-order valence-electron chi connectivity index (χ2n) is 9.05. The zero-order valence-electron chi connectivity index (χ0n) is 18.3. The van der Waals surface area contributed by atoms with Crippen LogP contribution in [-0.2, 0) is 4.79 Å². The molecule has 2 aromatic carbocycles. The highest BCUT2D eigenvalue weighted by Crippen LogP contribution is 2.40. The Labute approximate surface area is 196 Å². The fourth-order valence-electron chi connectivity index (χ4n) is 5.16. The number of aliphatic hydroxyl groups is 1. The van der Waals surface area contributed by atoms with Crippen LogP contribution in [0, 0.1) is 5.92 Å². The number of carbonyl (C=O) groups is 1. The van der Waals surface area contributed by atoms with Gasteiger partial charge in [-0.1, -0.05) is 54.8 Å². The lowest BCUT2D eigenvalue weighted by molar-refractivity contribution is -0.145. The highest BCUT2D eigenvalue weighted by Gasteiger charge is 2.43. The molecule has 1 aromatic heterocycles. The lowest BCUT2D eigenvalue weighted by Crippen LogP contribution is -2.55. The smallest absolute Gasteiger partial charge is 0.336 e. The fourth-order valence-corrected chi connectivity index (χ4v) is 5.38. The Hall–Kier alpha value is -2.83. The first-order valence-electron chi connectivity index (χ1n) is 11.4. The van der Waals surface area contributed by atoms with Crippen LogP contribution in [0.2, 0.25) is 5.02 Å². The normalized spacial score (nSPS) is 22.7. The van der Waals surface area contributed by atoms with Gasteiger partial charge in [0.2, 0.25) is 0 Å². The number of fused-ring (bicyclic) bond motifs is 2. The summed E-state index contributed by atoms with van der Waals surface area (Å²) in [6, 6.07) is 14.2. The Morgan fingerprint density at radius 1 is 1.18 bits per heavy atom. The fraction of sp³-hybridized carbons (Fsp3) is 0.385. The Morgan fingerprint density at radius 3 is 2.82 bits per heavy atom. The van der Waals surface area contributed by atoms with E-state index in [1.165, 1.54) is 6.07 Å². The van der Waals surface area contributed by atoms with Crippen LogP contribution in [-0.4, -0.2) is 41.2 Å². The molecule has 7 heteroatoms. The Balaban J connectivity index is 1.34. The van der Waals surface area contributed by atoms with Gasteiger partial charge in [-0.3, -0.25) is 4.79 Å². The summed E-state index contributed by atoms with van der Waals surface area (Å²) in [5.41, 5.74) is 0.839. The SMILES string of the molecule is O=C(COc1cc2oc(=O)cc(-c3ccccc3)c2cc1Cl)N1CC[C@]2(O)CCCC[C@H]2C1. The van der Waals surface area contributed by atoms with Gasteiger partial charge in [0.05, 0.1) is 10.6 Å². The van der Waals surface area contributed by atoms with E-state index in [0.717, 1.165) is 36.8 Å². The summed E-state index contributed by atoms with van der Waals surface area (Å²) < 4.78 is 11.2. The van der Waals surface area contributed by atoms with Crippen molar-refractivity contribution >= 4 is 28.5 Å². The summed E-state index contributed by atoms with van der Waals surface area (Å²) in [5.74, 6) is 0.272. The number of rotatable bonds is 4. The summed E-state index contributed by atoms with van der Waals surface area (Å²) in [6.45, 7) is 0.911. The molecule has 1 aliphatic heterocycles. The molecule has 1 saturated heterocycles. The Kier molecular flexibility index (Phi) is 5.89. The van der Waals surface area contributed by atoms with Gasteiger partial charge in [-0.15, -0.1) is 0 Å². The monoisotopic (exact) mass is 467 g/mol. The average molecular weight is 468 g/mol. The molecule has 1 aliphatic carbocycles. The highest BCUT2D eigenvalue weighted by atomic mass is 35.5. The molecule has 1 saturated carbocycles. The molecule has 2 atom stereocenters. The van der Waals surface area contributed by atoms with Crippen LogP contribution in [0.3, 0.4) is 0 Å². The largest absolute Gasteiger partial charge is 0.482 e. The molecule has 33 heavy (non-hydrogen) atoms. The summed E-state index contributed by atoms with van der Waals surface area (Å²) in [4.78, 5) is 26.8. The van der Waals surface area contributed by atoms with Crippen LogP contribution in [0.4, 0.5) is 0 Å². The van der Waals surface area contributed by atoms with E-state index in [2.05, 4.69) is 0 Å². The summed E-state index contributed by atoms with van der Waals surface area (Å²) >= 11 is 6.48. The van der Waals surface area contributed by atoms with Gasteiger partial charge in [-0.25, -0.2) is 4.79 Å². The molecular formula is C26H26ClNO5. The molecule has 6 nitrogen and oxygen atoms in total. The number of piperidine rings is 1. The number of carbonyl (C=O) groups excluding carboxylic acids is 1. The van der Waals surface area contributed by atoms with Crippen LogP contribution in [0.25, 0.3) is 22.1 Å². The van der Waals surface area contributed by atoms with Gasteiger partial charge >= 0.3 is 5.63 Å². The summed E-state index contributed by atoms with van der Waals surface area (Å²) in [5, 5.41) is 11.9. The van der Waals surface area contributed by atoms with Gasteiger partial charge in [0.25, 0.3) is 5.91 Å². The molecule has 0 bridgehead atoms. The number of hydrogen-bond donors (Lipinski definition) is 1. The highest BCUT2D eigenvalue weighted by molar-refractivity contribution is 6.33. The third kappa shape index (κ3) is 4.37. The van der Waals surface area contributed by atoms with Crippen LogP contribution >= 0.6 is 11.6 Å². The van der Waals surface area contributed by atoms with Gasteiger partial charge < -0.3 is 19.2 Å². The van der Waals surface area contributed by atoms with Crippen LogP contribution in [0.1, 0.15) is 32.1 Å². The summed E-state index contributed by atoms with van der Waals surface area (Å²) in [6.07, 6.45) is 4.51. The Bertz CT molecular complexity index is 1240. The maximum Gasteiger partial charge on any atom is 0.336 e. The second-order valence-corrected chi connectivity index (χ2v) is 9.46. The van der Waals surface area contributed by atoms with E-state index in [9.17, 15) is 14.7 Å². The van der Waals surface area contributed by atoms with Crippen molar-refractivity contribution in [2.45, 2.75) is 37.7 Å². The topological polar surface area (TPSA) is 80.0 Å². The van der Waals surface area contributed by atoms with Gasteiger partial charge in [-0.2, -0.15) is 0 Å². The molecular weight excluding hydrogens is 442 g/mol. The molecule has 2 aliphatic rings. The van der Waals surface area contributed by atoms with Gasteiger partial charge in [0, 0.05) is 36.5 Å². The predicted molar refractivity (Wildman–Crippen MR) is 127 cm³/mol. The zero-order valence-corrected chi connectivity index (χ0v) is 19.0. The maximum absolute atomic E-state index is 12.8. The first-order chi connectivity index (χ1) is 15.9. The molecule has 2 fully saturated rings. The van der Waals surface area contributed by atoms with Gasteiger partial charge in [-0.05, 0) is 36.5 Å². The number of nitrogens with zero attached hydrogens (tertiary/aromatic N) is 1. The van der Waals surface area contributed by atoms with Crippen molar-refractivity contribution in [1.82, 2.24) is 4.90 Å².